The summed E-state index contributed by atoms with van der Waals surface area (Å²) in [6, 6.07) is 2.09. The molecule has 2 fully saturated rings. The van der Waals surface area contributed by atoms with Gasteiger partial charge in [-0.1, -0.05) is 0 Å². The number of carbonyl (C=O) groups excluding carboxylic acids is 1. The second kappa shape index (κ2) is 7.12. The number of amides is 1. The lowest BCUT2D eigenvalue weighted by Crippen LogP contribution is -2.51. The van der Waals surface area contributed by atoms with Crippen molar-refractivity contribution in [1.82, 2.24) is 19.4 Å². The predicted octanol–water partition coefficient (Wildman–Crippen LogP) is 1.98. The van der Waals surface area contributed by atoms with Crippen LogP contribution in [0, 0.1) is 0 Å². The van der Waals surface area contributed by atoms with Gasteiger partial charge in [-0.2, -0.15) is 0 Å². The van der Waals surface area contributed by atoms with Gasteiger partial charge in [0.25, 0.3) is 0 Å². The highest BCUT2D eigenvalue weighted by molar-refractivity contribution is 5.91. The molecule has 2 saturated heterocycles. The Morgan fingerprint density at radius 3 is 2.80 bits per heavy atom. The van der Waals surface area contributed by atoms with Crippen molar-refractivity contribution in [3.8, 4) is 0 Å². The summed E-state index contributed by atoms with van der Waals surface area (Å²) in [5.74, 6) is 1.20. The maximum absolute atomic E-state index is 12.3. The Morgan fingerprint density at radius 2 is 2.03 bits per heavy atom. The molecule has 0 radical (unpaired) electrons. The van der Waals surface area contributed by atoms with E-state index in [1.807, 2.05) is 6.20 Å². The van der Waals surface area contributed by atoms with Crippen LogP contribution in [0.25, 0.3) is 11.6 Å². The topological polar surface area (TPSA) is 72.7 Å². The number of hydrogen-bond donors (Lipinski definition) is 0. The molecule has 8 heteroatoms. The molecule has 0 atom stereocenters. The average Bonchev–Trinajstić information content (AvgIpc) is 3.44. The summed E-state index contributed by atoms with van der Waals surface area (Å²) in [6.45, 7) is 5.00. The fourth-order valence-electron chi connectivity index (χ4n) is 4.69. The number of allylic oxidation sites excluding steroid dienone is 1. The molecule has 30 heavy (non-hydrogen) atoms. The third-order valence-electron chi connectivity index (χ3n) is 6.47. The molecule has 5 heterocycles. The summed E-state index contributed by atoms with van der Waals surface area (Å²) in [6.07, 6.45) is 9.14. The van der Waals surface area contributed by atoms with Crippen molar-refractivity contribution >= 4 is 23.4 Å². The number of aryl methyl sites for hydroxylation is 2. The highest BCUT2D eigenvalue weighted by atomic mass is 16.6. The Balaban J connectivity index is 1.17. The lowest BCUT2D eigenvalue weighted by Gasteiger charge is -2.37. The molecule has 4 aliphatic rings. The van der Waals surface area contributed by atoms with Crippen molar-refractivity contribution in [2.24, 2.45) is 0 Å². The maximum Gasteiger partial charge on any atom is 0.410 e. The zero-order valence-electron chi connectivity index (χ0n) is 16.9. The van der Waals surface area contributed by atoms with Crippen molar-refractivity contribution in [1.29, 1.82) is 0 Å². The van der Waals surface area contributed by atoms with Crippen LogP contribution < -0.4 is 4.90 Å². The minimum Gasteiger partial charge on any atom is -0.441 e. The number of piperazine rings is 1. The summed E-state index contributed by atoms with van der Waals surface area (Å²) in [5.41, 5.74) is 5.84. The summed E-state index contributed by atoms with van der Waals surface area (Å²) in [7, 11) is 0. The lowest BCUT2D eigenvalue weighted by atomic mass is 10.1. The van der Waals surface area contributed by atoms with E-state index in [1.165, 1.54) is 29.1 Å². The van der Waals surface area contributed by atoms with E-state index < -0.39 is 0 Å². The van der Waals surface area contributed by atoms with Gasteiger partial charge >= 0.3 is 6.09 Å². The van der Waals surface area contributed by atoms with Crippen LogP contribution in [0.3, 0.4) is 0 Å². The summed E-state index contributed by atoms with van der Waals surface area (Å²) in [4.78, 5) is 25.9. The minimum absolute atomic E-state index is 0.0770. The lowest BCUT2D eigenvalue weighted by molar-refractivity contribution is -0.104. The monoisotopic (exact) mass is 407 g/mol. The van der Waals surface area contributed by atoms with Crippen LogP contribution in [0.5, 0.6) is 0 Å². The molecule has 2 aromatic rings. The standard InChI is InChI=1S/C22H25N5O3/c28-22(30-16-13-29-14-16)26-8-6-25(7-9-26)20-3-4-23-18-11-15(10-17(18)20)19-12-27-5-1-2-21(27)24-19/h3-4,10,12,16H,1-2,5-9,11,13-14H2. The van der Waals surface area contributed by atoms with E-state index in [2.05, 4.69) is 32.8 Å². The first-order chi connectivity index (χ1) is 14.7. The van der Waals surface area contributed by atoms with E-state index in [0.717, 1.165) is 43.9 Å². The molecule has 1 aliphatic carbocycles. The molecule has 2 aromatic heterocycles. The van der Waals surface area contributed by atoms with E-state index in [4.69, 9.17) is 14.5 Å². The minimum atomic E-state index is -0.224. The Morgan fingerprint density at radius 1 is 1.17 bits per heavy atom. The number of anilines is 1. The van der Waals surface area contributed by atoms with Crippen molar-refractivity contribution < 1.29 is 14.3 Å². The molecule has 6 rings (SSSR count). The Kier molecular flexibility index (Phi) is 4.26. The van der Waals surface area contributed by atoms with Crippen molar-refractivity contribution in [3.05, 3.63) is 41.2 Å². The molecule has 0 bridgehead atoms. The summed E-state index contributed by atoms with van der Waals surface area (Å²) in [5, 5.41) is 0. The fourth-order valence-corrected chi connectivity index (χ4v) is 4.69. The van der Waals surface area contributed by atoms with Crippen LogP contribution in [0.1, 0.15) is 29.2 Å². The molecular formula is C22H25N5O3. The molecule has 0 N–H and O–H groups in total. The van der Waals surface area contributed by atoms with Crippen LogP contribution in [0.2, 0.25) is 0 Å². The van der Waals surface area contributed by atoms with E-state index in [-0.39, 0.29) is 12.2 Å². The molecule has 0 aromatic carbocycles. The number of carbonyl (C=O) groups is 1. The third kappa shape index (κ3) is 3.06. The van der Waals surface area contributed by atoms with Gasteiger partial charge in [0, 0.05) is 69.2 Å². The highest BCUT2D eigenvalue weighted by Gasteiger charge is 2.30. The second-order valence-corrected chi connectivity index (χ2v) is 8.39. The molecule has 3 aliphatic heterocycles. The van der Waals surface area contributed by atoms with Gasteiger partial charge in [0.1, 0.15) is 5.82 Å². The first kappa shape index (κ1) is 17.9. The number of fused-ring (bicyclic) bond motifs is 2. The summed E-state index contributed by atoms with van der Waals surface area (Å²) >= 11 is 0. The molecule has 8 nitrogen and oxygen atoms in total. The predicted molar refractivity (Wildman–Crippen MR) is 111 cm³/mol. The van der Waals surface area contributed by atoms with E-state index in [1.54, 1.807) is 4.90 Å². The van der Waals surface area contributed by atoms with Crippen molar-refractivity contribution in [2.45, 2.75) is 31.9 Å². The number of imidazole rings is 1. The Labute approximate surface area is 175 Å². The Bertz CT molecular complexity index is 996. The van der Waals surface area contributed by atoms with Gasteiger partial charge in [0.2, 0.25) is 0 Å². The number of ether oxygens (including phenoxy) is 2. The number of nitrogens with zero attached hydrogens (tertiary/aromatic N) is 5. The molecule has 0 saturated carbocycles. The van der Waals surface area contributed by atoms with E-state index in [0.29, 0.717) is 26.3 Å². The molecule has 156 valence electrons. The van der Waals surface area contributed by atoms with E-state index in [9.17, 15) is 4.79 Å². The zero-order valence-corrected chi connectivity index (χ0v) is 16.9. The van der Waals surface area contributed by atoms with Crippen LogP contribution in [0.4, 0.5) is 10.5 Å². The summed E-state index contributed by atoms with van der Waals surface area (Å²) < 4.78 is 12.8. The van der Waals surface area contributed by atoms with Gasteiger partial charge in [0.05, 0.1) is 24.6 Å². The van der Waals surface area contributed by atoms with Gasteiger partial charge in [-0.15, -0.1) is 0 Å². The van der Waals surface area contributed by atoms with Gasteiger partial charge in [-0.25, -0.2) is 9.78 Å². The average molecular weight is 407 g/mol. The van der Waals surface area contributed by atoms with Gasteiger partial charge < -0.3 is 23.8 Å². The van der Waals surface area contributed by atoms with Gasteiger partial charge in [-0.3, -0.25) is 4.98 Å². The number of rotatable bonds is 3. The maximum atomic E-state index is 12.3. The smallest absolute Gasteiger partial charge is 0.410 e. The van der Waals surface area contributed by atoms with Crippen LogP contribution >= 0.6 is 0 Å². The Hall–Kier alpha value is -2.87. The largest absolute Gasteiger partial charge is 0.441 e. The third-order valence-corrected chi connectivity index (χ3v) is 6.47. The second-order valence-electron chi connectivity index (χ2n) is 8.39. The van der Waals surface area contributed by atoms with Crippen LogP contribution in [-0.4, -0.2) is 71.0 Å². The first-order valence-corrected chi connectivity index (χ1v) is 10.8. The fraction of sp³-hybridized carbons (Fsp3) is 0.500. The van der Waals surface area contributed by atoms with Gasteiger partial charge in [0.15, 0.2) is 6.10 Å². The SMILES string of the molecule is O=C(OC1COC1)N1CCN(c2ccnc3c2C=C(c2cn4c(n2)CCC4)C3)CC1. The molecule has 0 spiro atoms. The zero-order chi connectivity index (χ0) is 20.1. The van der Waals surface area contributed by atoms with Crippen molar-refractivity contribution in [3.63, 3.8) is 0 Å². The molecule has 1 amide bonds. The van der Waals surface area contributed by atoms with Crippen LogP contribution in [-0.2, 0) is 28.9 Å². The number of aromatic nitrogens is 3. The normalized spacial score (nSPS) is 20.6. The van der Waals surface area contributed by atoms with E-state index >= 15 is 0 Å². The quantitative estimate of drug-likeness (QED) is 0.775. The molecular weight excluding hydrogens is 382 g/mol. The first-order valence-electron chi connectivity index (χ1n) is 10.8. The number of hydrogen-bond acceptors (Lipinski definition) is 6. The van der Waals surface area contributed by atoms with Crippen LogP contribution in [0.15, 0.2) is 18.5 Å². The van der Waals surface area contributed by atoms with Crippen molar-refractivity contribution in [2.75, 3.05) is 44.3 Å². The van der Waals surface area contributed by atoms with Gasteiger partial charge in [-0.05, 0) is 24.1 Å². The highest BCUT2D eigenvalue weighted by Crippen LogP contribution is 2.36. The number of pyridine rings is 1. The molecule has 0 unspecified atom stereocenters.